The highest BCUT2D eigenvalue weighted by molar-refractivity contribution is 7.18. The van der Waals surface area contributed by atoms with Gasteiger partial charge in [-0.15, -0.1) is 11.3 Å². The third-order valence-corrected chi connectivity index (χ3v) is 5.06. The number of rotatable bonds is 4. The largest absolute Gasteiger partial charge is 0.292 e. The standard InChI is InChI=1S/C15H17N5S/c1-2-6-14-13(5-1)18-15(21-14)9-19-7-3-4-12(19)8-20-11-16-10-17-20/h1-2,5-6,10-12H,3-4,7-9H2/t12-/m0/s1. The van der Waals surface area contributed by atoms with E-state index in [0.29, 0.717) is 6.04 Å². The summed E-state index contributed by atoms with van der Waals surface area (Å²) in [6, 6.07) is 8.90. The number of likely N-dealkylation sites (tertiary alicyclic amines) is 1. The molecule has 0 radical (unpaired) electrons. The van der Waals surface area contributed by atoms with Crippen molar-refractivity contribution in [2.45, 2.75) is 32.0 Å². The molecule has 1 aliphatic rings. The molecule has 108 valence electrons. The van der Waals surface area contributed by atoms with Gasteiger partial charge in [-0.1, -0.05) is 12.1 Å². The molecule has 6 heteroatoms. The molecule has 0 spiro atoms. The number of thiazole rings is 1. The summed E-state index contributed by atoms with van der Waals surface area (Å²) < 4.78 is 3.21. The molecule has 4 rings (SSSR count). The Bertz CT molecular complexity index is 688. The Kier molecular flexibility index (Phi) is 3.40. The maximum absolute atomic E-state index is 4.75. The molecule has 0 N–H and O–H groups in total. The maximum atomic E-state index is 4.75. The highest BCUT2D eigenvalue weighted by Crippen LogP contribution is 2.26. The fourth-order valence-corrected chi connectivity index (χ4v) is 4.01. The molecule has 1 aromatic carbocycles. The summed E-state index contributed by atoms with van der Waals surface area (Å²) in [5.74, 6) is 0. The highest BCUT2D eigenvalue weighted by Gasteiger charge is 2.25. The molecule has 1 atom stereocenters. The first-order valence-corrected chi connectivity index (χ1v) is 8.11. The van der Waals surface area contributed by atoms with E-state index in [1.54, 1.807) is 24.0 Å². The van der Waals surface area contributed by atoms with E-state index >= 15 is 0 Å². The lowest BCUT2D eigenvalue weighted by atomic mass is 10.2. The van der Waals surface area contributed by atoms with E-state index in [1.165, 1.54) is 22.5 Å². The zero-order chi connectivity index (χ0) is 14.1. The Labute approximate surface area is 127 Å². The Morgan fingerprint density at radius 2 is 2.24 bits per heavy atom. The third kappa shape index (κ3) is 2.69. The maximum Gasteiger partial charge on any atom is 0.137 e. The second-order valence-corrected chi connectivity index (χ2v) is 6.57. The second-order valence-electron chi connectivity index (χ2n) is 5.46. The first-order chi connectivity index (χ1) is 10.4. The number of nitrogens with zero attached hydrogens (tertiary/aromatic N) is 5. The van der Waals surface area contributed by atoms with Crippen LogP contribution in [0.3, 0.4) is 0 Å². The summed E-state index contributed by atoms with van der Waals surface area (Å²) in [5.41, 5.74) is 1.12. The minimum atomic E-state index is 0.540. The minimum Gasteiger partial charge on any atom is -0.292 e. The summed E-state index contributed by atoms with van der Waals surface area (Å²) in [4.78, 5) is 11.3. The zero-order valence-corrected chi connectivity index (χ0v) is 12.5. The van der Waals surface area contributed by atoms with Crippen LogP contribution in [0.2, 0.25) is 0 Å². The van der Waals surface area contributed by atoms with E-state index in [1.807, 2.05) is 4.68 Å². The van der Waals surface area contributed by atoms with Crippen molar-refractivity contribution in [3.05, 3.63) is 41.9 Å². The van der Waals surface area contributed by atoms with E-state index in [0.717, 1.165) is 25.2 Å². The van der Waals surface area contributed by atoms with Gasteiger partial charge in [-0.25, -0.2) is 9.97 Å². The van der Waals surface area contributed by atoms with Gasteiger partial charge < -0.3 is 0 Å². The Balaban J connectivity index is 1.49. The number of fused-ring (bicyclic) bond motifs is 1. The topological polar surface area (TPSA) is 46.8 Å². The van der Waals surface area contributed by atoms with Gasteiger partial charge in [-0.05, 0) is 31.5 Å². The molecule has 0 aliphatic carbocycles. The molecular weight excluding hydrogens is 282 g/mol. The molecule has 3 aromatic rings. The van der Waals surface area contributed by atoms with Gasteiger partial charge in [0.25, 0.3) is 0 Å². The van der Waals surface area contributed by atoms with Crippen LogP contribution in [-0.4, -0.2) is 37.2 Å². The first kappa shape index (κ1) is 12.9. The summed E-state index contributed by atoms with van der Waals surface area (Å²) in [7, 11) is 0. The van der Waals surface area contributed by atoms with Crippen molar-refractivity contribution < 1.29 is 0 Å². The first-order valence-electron chi connectivity index (χ1n) is 7.29. The zero-order valence-electron chi connectivity index (χ0n) is 11.7. The molecular formula is C15H17N5S. The van der Waals surface area contributed by atoms with E-state index in [9.17, 15) is 0 Å². The van der Waals surface area contributed by atoms with Gasteiger partial charge in [-0.2, -0.15) is 5.10 Å². The van der Waals surface area contributed by atoms with Crippen molar-refractivity contribution in [1.29, 1.82) is 0 Å². The van der Waals surface area contributed by atoms with Crippen LogP contribution < -0.4 is 0 Å². The smallest absolute Gasteiger partial charge is 0.137 e. The molecule has 21 heavy (non-hydrogen) atoms. The molecule has 1 fully saturated rings. The predicted octanol–water partition coefficient (Wildman–Crippen LogP) is 2.55. The molecule has 1 saturated heterocycles. The van der Waals surface area contributed by atoms with Crippen LogP contribution in [0.15, 0.2) is 36.9 Å². The summed E-state index contributed by atoms with van der Waals surface area (Å²) >= 11 is 1.81. The molecule has 1 aliphatic heterocycles. The van der Waals surface area contributed by atoms with Gasteiger partial charge in [-0.3, -0.25) is 9.58 Å². The molecule has 0 amide bonds. The van der Waals surface area contributed by atoms with Crippen LogP contribution in [0.1, 0.15) is 17.8 Å². The number of aromatic nitrogens is 4. The molecule has 2 aromatic heterocycles. The van der Waals surface area contributed by atoms with Crippen molar-refractivity contribution >= 4 is 21.6 Å². The van der Waals surface area contributed by atoms with Gasteiger partial charge >= 0.3 is 0 Å². The number of benzene rings is 1. The fourth-order valence-electron chi connectivity index (χ4n) is 3.01. The summed E-state index contributed by atoms with van der Waals surface area (Å²) in [6.45, 7) is 3.01. The van der Waals surface area contributed by atoms with Crippen LogP contribution in [0.25, 0.3) is 10.2 Å². The van der Waals surface area contributed by atoms with Gasteiger partial charge in [0.05, 0.1) is 23.3 Å². The van der Waals surface area contributed by atoms with Crippen molar-refractivity contribution in [2.75, 3.05) is 6.54 Å². The lowest BCUT2D eigenvalue weighted by molar-refractivity contribution is 0.219. The van der Waals surface area contributed by atoms with Crippen molar-refractivity contribution in [2.24, 2.45) is 0 Å². The van der Waals surface area contributed by atoms with E-state index in [4.69, 9.17) is 4.98 Å². The molecule has 0 saturated carbocycles. The average Bonchev–Trinajstić information content (AvgIpc) is 3.21. The molecule has 0 bridgehead atoms. The van der Waals surface area contributed by atoms with E-state index < -0.39 is 0 Å². The van der Waals surface area contributed by atoms with Gasteiger partial charge in [0.2, 0.25) is 0 Å². The lowest BCUT2D eigenvalue weighted by Gasteiger charge is -2.23. The Morgan fingerprint density at radius 3 is 3.10 bits per heavy atom. The number of hydrogen-bond acceptors (Lipinski definition) is 5. The van der Waals surface area contributed by atoms with Crippen LogP contribution in [0, 0.1) is 0 Å². The summed E-state index contributed by atoms with van der Waals surface area (Å²) in [5, 5.41) is 5.43. The Hall–Kier alpha value is -1.79. The lowest BCUT2D eigenvalue weighted by Crippen LogP contribution is -2.32. The van der Waals surface area contributed by atoms with Crippen LogP contribution in [-0.2, 0) is 13.1 Å². The molecule has 5 nitrogen and oxygen atoms in total. The average molecular weight is 299 g/mol. The molecule has 0 unspecified atom stereocenters. The second kappa shape index (κ2) is 5.54. The van der Waals surface area contributed by atoms with Crippen LogP contribution >= 0.6 is 11.3 Å². The number of hydrogen-bond donors (Lipinski definition) is 0. The van der Waals surface area contributed by atoms with Crippen molar-refractivity contribution in [3.63, 3.8) is 0 Å². The van der Waals surface area contributed by atoms with Crippen LogP contribution in [0.4, 0.5) is 0 Å². The van der Waals surface area contributed by atoms with Gasteiger partial charge in [0.1, 0.15) is 17.7 Å². The predicted molar refractivity (Wildman–Crippen MR) is 83.1 cm³/mol. The SMILES string of the molecule is c1ccc2sc(CN3CCC[C@H]3Cn3cncn3)nc2c1. The molecule has 3 heterocycles. The normalized spacial score (nSPS) is 19.5. The Morgan fingerprint density at radius 1 is 1.29 bits per heavy atom. The fraction of sp³-hybridized carbons (Fsp3) is 0.400. The van der Waals surface area contributed by atoms with Crippen LogP contribution in [0.5, 0.6) is 0 Å². The monoisotopic (exact) mass is 299 g/mol. The van der Waals surface area contributed by atoms with Crippen molar-refractivity contribution in [3.8, 4) is 0 Å². The van der Waals surface area contributed by atoms with Gasteiger partial charge in [0, 0.05) is 6.04 Å². The third-order valence-electron chi connectivity index (χ3n) is 4.04. The highest BCUT2D eigenvalue weighted by atomic mass is 32.1. The minimum absolute atomic E-state index is 0.540. The quantitative estimate of drug-likeness (QED) is 0.743. The number of para-hydroxylation sites is 1. The summed E-state index contributed by atoms with van der Waals surface area (Å²) in [6.07, 6.45) is 5.88. The van der Waals surface area contributed by atoms with E-state index in [-0.39, 0.29) is 0 Å². The van der Waals surface area contributed by atoms with Crippen molar-refractivity contribution in [1.82, 2.24) is 24.6 Å². The van der Waals surface area contributed by atoms with E-state index in [2.05, 4.69) is 39.2 Å². The van der Waals surface area contributed by atoms with Gasteiger partial charge in [0.15, 0.2) is 0 Å².